The lowest BCUT2D eigenvalue weighted by atomic mass is 9.91. The van der Waals surface area contributed by atoms with E-state index < -0.39 is 5.92 Å². The summed E-state index contributed by atoms with van der Waals surface area (Å²) in [6.07, 6.45) is 3.32. The molecule has 2 heterocycles. The van der Waals surface area contributed by atoms with Crippen molar-refractivity contribution in [3.05, 3.63) is 34.5 Å². The number of aromatic nitrogens is 2. The number of rotatable bonds is 5. The summed E-state index contributed by atoms with van der Waals surface area (Å²) in [5, 5.41) is 3.06. The Morgan fingerprint density at radius 1 is 1.28 bits per heavy atom. The van der Waals surface area contributed by atoms with Gasteiger partial charge in [0.25, 0.3) is 0 Å². The van der Waals surface area contributed by atoms with Crippen LogP contribution in [-0.4, -0.2) is 60.2 Å². The third-order valence-corrected chi connectivity index (χ3v) is 6.01. The van der Waals surface area contributed by atoms with Gasteiger partial charge in [0.05, 0.1) is 16.5 Å². The minimum Gasteiger partial charge on any atom is -0.360 e. The lowest BCUT2D eigenvalue weighted by Crippen LogP contribution is -2.27. The number of nitrogens with zero attached hydrogens (tertiary/aromatic N) is 4. The first-order valence-electron chi connectivity index (χ1n) is 9.55. The number of amides is 2. The normalized spacial score (nSPS) is 16.0. The van der Waals surface area contributed by atoms with Crippen molar-refractivity contribution in [2.75, 3.05) is 37.9 Å². The Balaban J connectivity index is 1.81. The number of aryl methyl sites for hydroxylation is 1. The van der Waals surface area contributed by atoms with Crippen LogP contribution in [0.2, 0.25) is 0 Å². The van der Waals surface area contributed by atoms with Crippen molar-refractivity contribution in [2.45, 2.75) is 26.2 Å². The van der Waals surface area contributed by atoms with Gasteiger partial charge < -0.3 is 9.80 Å². The minimum absolute atomic E-state index is 0.215. The molecule has 2 aromatic rings. The average molecular weight is 416 g/mol. The van der Waals surface area contributed by atoms with Crippen molar-refractivity contribution in [1.82, 2.24) is 14.9 Å². The van der Waals surface area contributed by atoms with Gasteiger partial charge in [0, 0.05) is 39.4 Å². The van der Waals surface area contributed by atoms with Crippen LogP contribution in [0.4, 0.5) is 15.7 Å². The second kappa shape index (κ2) is 8.69. The number of carbonyl (C=O) groups is 3. The monoisotopic (exact) mass is 415 g/mol. The van der Waals surface area contributed by atoms with Gasteiger partial charge in [0.1, 0.15) is 5.82 Å². The minimum atomic E-state index is -0.745. The highest BCUT2D eigenvalue weighted by Gasteiger charge is 2.34. The summed E-state index contributed by atoms with van der Waals surface area (Å²) >= 11 is 1.13. The molecule has 0 radical (unpaired) electrons. The summed E-state index contributed by atoms with van der Waals surface area (Å²) in [5.74, 6) is -0.402. The number of anilines is 2. The SMILES string of the molecule is CCN(C)c1ccc(C(=O)C2CCCc3nc(NC(=O)N(C)C)sc3C2=O)cn1. The molecule has 3 rings (SSSR count). The molecule has 1 atom stereocenters. The first-order chi connectivity index (χ1) is 13.8. The van der Waals surface area contributed by atoms with Gasteiger partial charge in [-0.3, -0.25) is 14.9 Å². The molecule has 1 unspecified atom stereocenters. The van der Waals surface area contributed by atoms with Crippen LogP contribution >= 0.6 is 11.3 Å². The van der Waals surface area contributed by atoms with Crippen LogP contribution in [0.25, 0.3) is 0 Å². The van der Waals surface area contributed by atoms with Crippen LogP contribution in [0.1, 0.15) is 45.5 Å². The summed E-state index contributed by atoms with van der Waals surface area (Å²) in [7, 11) is 5.19. The van der Waals surface area contributed by atoms with E-state index in [-0.39, 0.29) is 17.6 Å². The molecule has 0 aromatic carbocycles. The lowest BCUT2D eigenvalue weighted by molar-refractivity contribution is 0.0803. The molecular formula is C20H25N5O3S. The molecule has 8 nitrogen and oxygen atoms in total. The van der Waals surface area contributed by atoms with E-state index in [2.05, 4.69) is 15.3 Å². The van der Waals surface area contributed by atoms with Crippen molar-refractivity contribution in [3.8, 4) is 0 Å². The molecule has 2 aromatic heterocycles. The third kappa shape index (κ3) is 4.45. The zero-order valence-corrected chi connectivity index (χ0v) is 17.9. The van der Waals surface area contributed by atoms with Gasteiger partial charge in [0.15, 0.2) is 16.7 Å². The van der Waals surface area contributed by atoms with E-state index in [1.807, 2.05) is 18.9 Å². The van der Waals surface area contributed by atoms with Crippen LogP contribution in [0.15, 0.2) is 18.3 Å². The topological polar surface area (TPSA) is 95.5 Å². The zero-order valence-electron chi connectivity index (χ0n) is 17.1. The maximum Gasteiger partial charge on any atom is 0.323 e. The number of nitrogens with one attached hydrogen (secondary N) is 1. The van der Waals surface area contributed by atoms with E-state index in [0.717, 1.165) is 23.7 Å². The van der Waals surface area contributed by atoms with Gasteiger partial charge in [0.2, 0.25) is 0 Å². The van der Waals surface area contributed by atoms with Gasteiger partial charge in [-0.25, -0.2) is 14.8 Å². The van der Waals surface area contributed by atoms with Gasteiger partial charge in [-0.1, -0.05) is 11.3 Å². The van der Waals surface area contributed by atoms with Crippen molar-refractivity contribution in [3.63, 3.8) is 0 Å². The standard InChI is InChI=1S/C20H25N5O3S/c1-5-25(4)15-10-9-12(11-21-15)16(26)13-7-6-8-14-18(17(13)27)29-19(22-14)23-20(28)24(2)3/h9-11,13H,5-8H2,1-4H3,(H,22,23,28). The van der Waals surface area contributed by atoms with E-state index in [4.69, 9.17) is 0 Å². The highest BCUT2D eigenvalue weighted by atomic mass is 32.1. The highest BCUT2D eigenvalue weighted by Crippen LogP contribution is 2.33. The second-order valence-electron chi connectivity index (χ2n) is 7.21. The molecular weight excluding hydrogens is 390 g/mol. The Bertz CT molecular complexity index is 923. The first-order valence-corrected chi connectivity index (χ1v) is 10.4. The Morgan fingerprint density at radius 2 is 2.03 bits per heavy atom. The number of hydrogen-bond acceptors (Lipinski definition) is 7. The smallest absolute Gasteiger partial charge is 0.323 e. The van der Waals surface area contributed by atoms with Crippen LogP contribution in [0.5, 0.6) is 0 Å². The Kier molecular flexibility index (Phi) is 6.26. The maximum atomic E-state index is 13.1. The van der Waals surface area contributed by atoms with Crippen LogP contribution in [0, 0.1) is 5.92 Å². The van der Waals surface area contributed by atoms with Crippen LogP contribution < -0.4 is 10.2 Å². The predicted molar refractivity (Wildman–Crippen MR) is 113 cm³/mol. The zero-order chi connectivity index (χ0) is 21.1. The van der Waals surface area contributed by atoms with E-state index >= 15 is 0 Å². The summed E-state index contributed by atoms with van der Waals surface area (Å²) in [6.45, 7) is 2.83. The lowest BCUT2D eigenvalue weighted by Gasteiger charge is -2.16. The Hall–Kier alpha value is -2.81. The van der Waals surface area contributed by atoms with Crippen molar-refractivity contribution < 1.29 is 14.4 Å². The maximum absolute atomic E-state index is 13.1. The number of thiazole rings is 1. The molecule has 154 valence electrons. The largest absolute Gasteiger partial charge is 0.360 e. The molecule has 0 bridgehead atoms. The quantitative estimate of drug-likeness (QED) is 0.458. The van der Waals surface area contributed by atoms with Crippen molar-refractivity contribution in [1.29, 1.82) is 0 Å². The molecule has 29 heavy (non-hydrogen) atoms. The molecule has 0 saturated heterocycles. The third-order valence-electron chi connectivity index (χ3n) is 4.98. The van der Waals surface area contributed by atoms with Gasteiger partial charge in [-0.05, 0) is 38.3 Å². The van der Waals surface area contributed by atoms with Gasteiger partial charge in [-0.15, -0.1) is 0 Å². The summed E-state index contributed by atoms with van der Waals surface area (Å²) in [5.41, 5.74) is 1.09. The van der Waals surface area contributed by atoms with E-state index in [9.17, 15) is 14.4 Å². The number of pyridine rings is 1. The fraction of sp³-hybridized carbons (Fsp3) is 0.450. The fourth-order valence-electron chi connectivity index (χ4n) is 3.10. The number of Topliss-reactive ketones (excluding diaryl/α,β-unsaturated/α-hetero) is 2. The van der Waals surface area contributed by atoms with Crippen molar-refractivity contribution >= 4 is 39.9 Å². The number of carbonyl (C=O) groups excluding carboxylic acids is 3. The van der Waals surface area contributed by atoms with Crippen LogP contribution in [0.3, 0.4) is 0 Å². The fourth-order valence-corrected chi connectivity index (χ4v) is 4.10. The van der Waals surface area contributed by atoms with E-state index in [1.165, 1.54) is 11.1 Å². The van der Waals surface area contributed by atoms with Gasteiger partial charge in [-0.2, -0.15) is 0 Å². The molecule has 0 spiro atoms. The number of fused-ring (bicyclic) bond motifs is 1. The first kappa shape index (κ1) is 20.9. The molecule has 0 fully saturated rings. The second-order valence-corrected chi connectivity index (χ2v) is 8.21. The van der Waals surface area contributed by atoms with Crippen LogP contribution in [-0.2, 0) is 6.42 Å². The number of hydrogen-bond donors (Lipinski definition) is 1. The molecule has 0 aliphatic heterocycles. The van der Waals surface area contributed by atoms with E-state index in [1.54, 1.807) is 26.2 Å². The molecule has 9 heteroatoms. The summed E-state index contributed by atoms with van der Waals surface area (Å²) in [6, 6.07) is 3.22. The molecule has 2 amide bonds. The Morgan fingerprint density at radius 3 is 2.66 bits per heavy atom. The predicted octanol–water partition coefficient (Wildman–Crippen LogP) is 3.11. The average Bonchev–Trinajstić information content (AvgIpc) is 3.05. The summed E-state index contributed by atoms with van der Waals surface area (Å²) < 4.78 is 0. The molecule has 1 aliphatic rings. The van der Waals surface area contributed by atoms with E-state index in [0.29, 0.717) is 40.5 Å². The number of urea groups is 1. The molecule has 1 aliphatic carbocycles. The highest BCUT2D eigenvalue weighted by molar-refractivity contribution is 7.17. The van der Waals surface area contributed by atoms with Gasteiger partial charge >= 0.3 is 6.03 Å². The Labute approximate surface area is 173 Å². The molecule has 0 saturated carbocycles. The van der Waals surface area contributed by atoms with Crippen molar-refractivity contribution in [2.24, 2.45) is 5.92 Å². The number of ketones is 2. The molecule has 1 N–H and O–H groups in total. The summed E-state index contributed by atoms with van der Waals surface area (Å²) in [4.78, 5) is 50.6.